The zero-order valence-electron chi connectivity index (χ0n) is 6.91. The lowest BCUT2D eigenvalue weighted by molar-refractivity contribution is -0.783. The van der Waals surface area contributed by atoms with E-state index in [1.807, 2.05) is 12.1 Å². The minimum atomic E-state index is 0.101. The van der Waals surface area contributed by atoms with E-state index in [9.17, 15) is 5.21 Å². The molecule has 1 aromatic carbocycles. The van der Waals surface area contributed by atoms with Gasteiger partial charge in [0.05, 0.1) is 0 Å². The van der Waals surface area contributed by atoms with Gasteiger partial charge in [-0.1, -0.05) is 22.0 Å². The monoisotopic (exact) mass is 188 g/mol. The van der Waals surface area contributed by atoms with Gasteiger partial charge < -0.3 is 9.84 Å². The number of benzene rings is 1. The van der Waals surface area contributed by atoms with Crippen LogP contribution in [0.25, 0.3) is 22.3 Å². The molecule has 0 aliphatic carbocycles. The van der Waals surface area contributed by atoms with Crippen LogP contribution in [0.15, 0.2) is 28.9 Å². The molecule has 0 radical (unpaired) electrons. The van der Waals surface area contributed by atoms with E-state index in [1.54, 1.807) is 12.1 Å². The first-order valence-electron chi connectivity index (χ1n) is 3.97. The highest BCUT2D eigenvalue weighted by Gasteiger charge is 2.13. The molecule has 0 fully saturated rings. The number of aromatic nitrogens is 4. The Morgan fingerprint density at radius 3 is 2.64 bits per heavy atom. The van der Waals surface area contributed by atoms with E-state index in [4.69, 9.17) is 0 Å². The molecule has 0 aliphatic rings. The first kappa shape index (κ1) is 7.19. The van der Waals surface area contributed by atoms with Crippen LogP contribution in [0.4, 0.5) is 0 Å². The second-order valence-corrected chi connectivity index (χ2v) is 2.79. The number of nitrogens with zero attached hydrogens (tertiary/aromatic N) is 4. The number of hydrogen-bond acceptors (Lipinski definition) is 5. The molecule has 14 heavy (non-hydrogen) atoms. The molecule has 0 unspecified atom stereocenters. The van der Waals surface area contributed by atoms with Crippen LogP contribution >= 0.6 is 0 Å². The molecule has 0 amide bonds. The van der Waals surface area contributed by atoms with E-state index in [1.165, 1.54) is 0 Å². The summed E-state index contributed by atoms with van der Waals surface area (Å²) in [7, 11) is 0. The summed E-state index contributed by atoms with van der Waals surface area (Å²) in [5.74, 6) is 0. The van der Waals surface area contributed by atoms with Crippen LogP contribution in [0.3, 0.4) is 0 Å². The highest BCUT2D eigenvalue weighted by atomic mass is 16.8. The molecule has 0 spiro atoms. The Morgan fingerprint density at radius 2 is 1.86 bits per heavy atom. The van der Waals surface area contributed by atoms with Gasteiger partial charge in [0.2, 0.25) is 0 Å². The third-order valence-electron chi connectivity index (χ3n) is 1.91. The normalized spacial score (nSPS) is 11.1. The molecule has 0 saturated heterocycles. The number of para-hydroxylation sites is 2. The predicted molar refractivity (Wildman–Crippen MR) is 46.1 cm³/mol. The van der Waals surface area contributed by atoms with Gasteiger partial charge in [-0.15, -0.1) is 0 Å². The molecular weight excluding hydrogens is 184 g/mol. The molecule has 0 atom stereocenters. The van der Waals surface area contributed by atoms with E-state index in [2.05, 4.69) is 19.8 Å². The maximum atomic E-state index is 11.0. The number of hydrogen-bond donors (Lipinski definition) is 0. The van der Waals surface area contributed by atoms with Gasteiger partial charge in [0.1, 0.15) is 5.52 Å². The molecule has 6 nitrogen and oxygen atoms in total. The van der Waals surface area contributed by atoms with E-state index in [0.29, 0.717) is 11.0 Å². The van der Waals surface area contributed by atoms with Crippen LogP contribution in [0.2, 0.25) is 0 Å². The smallest absolute Gasteiger partial charge is 0.362 e. The van der Waals surface area contributed by atoms with Gasteiger partial charge in [0.25, 0.3) is 0 Å². The Kier molecular flexibility index (Phi) is 1.22. The van der Waals surface area contributed by atoms with Crippen molar-refractivity contribution in [3.63, 3.8) is 0 Å². The average molecular weight is 188 g/mol. The fourth-order valence-corrected chi connectivity index (χ4v) is 1.28. The molecule has 3 aromatic rings. The quantitative estimate of drug-likeness (QED) is 0.477. The maximum absolute atomic E-state index is 11.0. The molecule has 0 aliphatic heterocycles. The van der Waals surface area contributed by atoms with Crippen LogP contribution in [0.1, 0.15) is 0 Å². The highest BCUT2D eigenvalue weighted by molar-refractivity contribution is 5.80. The summed E-state index contributed by atoms with van der Waals surface area (Å²) < 4.78 is 4.37. The molecule has 6 heteroatoms. The molecule has 2 heterocycles. The van der Waals surface area contributed by atoms with Crippen molar-refractivity contribution < 1.29 is 9.53 Å². The van der Waals surface area contributed by atoms with Gasteiger partial charge in [-0.3, -0.25) is 0 Å². The number of fused-ring (bicyclic) bond motifs is 2. The zero-order valence-corrected chi connectivity index (χ0v) is 6.91. The molecular formula is C8H4N4O2. The molecule has 0 saturated carbocycles. The minimum Gasteiger partial charge on any atom is -0.391 e. The lowest BCUT2D eigenvalue weighted by Crippen LogP contribution is -2.23. The van der Waals surface area contributed by atoms with Crippen molar-refractivity contribution in [2.75, 3.05) is 0 Å². The van der Waals surface area contributed by atoms with Crippen molar-refractivity contribution >= 4 is 22.3 Å². The first-order chi connectivity index (χ1) is 6.84. The molecule has 68 valence electrons. The Balaban J connectivity index is 2.54. The van der Waals surface area contributed by atoms with Gasteiger partial charge in [0, 0.05) is 0 Å². The summed E-state index contributed by atoms with van der Waals surface area (Å²) in [5, 5.41) is 14.5. The van der Waals surface area contributed by atoms with Crippen molar-refractivity contribution in [3.8, 4) is 0 Å². The van der Waals surface area contributed by atoms with Crippen LogP contribution < -0.4 is 4.90 Å². The summed E-state index contributed by atoms with van der Waals surface area (Å²) in [6.07, 6.45) is 0. The summed E-state index contributed by atoms with van der Waals surface area (Å²) in [4.78, 5) is 8.42. The molecule has 0 N–H and O–H groups in total. The highest BCUT2D eigenvalue weighted by Crippen LogP contribution is 2.11. The van der Waals surface area contributed by atoms with Gasteiger partial charge in [0.15, 0.2) is 5.52 Å². The van der Waals surface area contributed by atoms with Gasteiger partial charge in [-0.2, -0.15) is 0 Å². The summed E-state index contributed by atoms with van der Waals surface area (Å²) in [6, 6.07) is 7.24. The average Bonchev–Trinajstić information content (AvgIpc) is 2.57. The topological polar surface area (TPSA) is 78.8 Å². The van der Waals surface area contributed by atoms with Gasteiger partial charge in [-0.05, 0) is 17.3 Å². The van der Waals surface area contributed by atoms with E-state index in [-0.39, 0.29) is 16.2 Å². The predicted octanol–water partition coefficient (Wildman–Crippen LogP) is 0.404. The number of rotatable bonds is 0. The fourth-order valence-electron chi connectivity index (χ4n) is 1.28. The van der Waals surface area contributed by atoms with Crippen molar-refractivity contribution in [1.29, 1.82) is 0 Å². The lowest BCUT2D eigenvalue weighted by atomic mass is 10.3. The van der Waals surface area contributed by atoms with E-state index >= 15 is 0 Å². The van der Waals surface area contributed by atoms with Gasteiger partial charge in [-0.25, -0.2) is 4.98 Å². The van der Waals surface area contributed by atoms with Crippen molar-refractivity contribution in [1.82, 2.24) is 15.1 Å². The van der Waals surface area contributed by atoms with E-state index in [0.717, 1.165) is 0 Å². The fraction of sp³-hybridized carbons (Fsp3) is 0. The second kappa shape index (κ2) is 2.38. The van der Waals surface area contributed by atoms with Crippen LogP contribution in [0, 0.1) is 5.21 Å². The first-order valence-corrected chi connectivity index (χ1v) is 3.97. The summed E-state index contributed by atoms with van der Waals surface area (Å²) in [6.45, 7) is 0. The minimum absolute atomic E-state index is 0.101. The van der Waals surface area contributed by atoms with Crippen molar-refractivity contribution in [2.45, 2.75) is 0 Å². The van der Waals surface area contributed by atoms with E-state index < -0.39 is 0 Å². The third kappa shape index (κ3) is 0.846. The van der Waals surface area contributed by atoms with Crippen LogP contribution in [0.5, 0.6) is 0 Å². The Morgan fingerprint density at radius 1 is 1.14 bits per heavy atom. The Labute approximate surface area is 77.3 Å². The lowest BCUT2D eigenvalue weighted by Gasteiger charge is -1.89. The second-order valence-electron chi connectivity index (χ2n) is 2.79. The largest absolute Gasteiger partial charge is 0.391 e. The van der Waals surface area contributed by atoms with Gasteiger partial charge >= 0.3 is 11.3 Å². The molecule has 3 rings (SSSR count). The summed E-state index contributed by atoms with van der Waals surface area (Å²) >= 11 is 0. The Hall–Kier alpha value is -2.24. The van der Waals surface area contributed by atoms with Crippen LogP contribution in [-0.4, -0.2) is 15.1 Å². The third-order valence-corrected chi connectivity index (χ3v) is 1.91. The van der Waals surface area contributed by atoms with Crippen molar-refractivity contribution in [3.05, 3.63) is 29.5 Å². The molecule has 0 bridgehead atoms. The summed E-state index contributed by atoms with van der Waals surface area (Å²) in [5.41, 5.74) is 1.66. The standard InChI is InChI=1S/C8H4N4O2/c13-12-8-7(11-14-12)9-5-3-1-2-4-6(5)10-8/h1-4H. The van der Waals surface area contributed by atoms with Crippen LogP contribution in [-0.2, 0) is 0 Å². The zero-order chi connectivity index (χ0) is 9.54. The maximum Gasteiger partial charge on any atom is 0.362 e. The SMILES string of the molecule is [O-][n+]1onc2nc3ccccc3nc21. The Bertz CT molecular complexity index is 619. The molecule has 2 aromatic heterocycles. The van der Waals surface area contributed by atoms with Crippen molar-refractivity contribution in [2.24, 2.45) is 0 Å².